The molecule has 2 aromatic rings. The lowest BCUT2D eigenvalue weighted by Crippen LogP contribution is -2.37. The minimum Gasteiger partial charge on any atom is -0.354 e. The molecule has 0 aliphatic carbocycles. The molecule has 9 heteroatoms. The molecule has 1 N–H and O–H groups in total. The molecule has 26 heavy (non-hydrogen) atoms. The van der Waals surface area contributed by atoms with Gasteiger partial charge in [0.2, 0.25) is 0 Å². The Hall–Kier alpha value is -2.35. The van der Waals surface area contributed by atoms with E-state index in [2.05, 4.69) is 10.3 Å². The topological polar surface area (TPSA) is 45.2 Å². The van der Waals surface area contributed by atoms with Crippen LogP contribution in [0, 0.1) is 5.82 Å². The zero-order valence-corrected chi connectivity index (χ0v) is 14.1. The number of anilines is 1. The van der Waals surface area contributed by atoms with Crippen molar-refractivity contribution in [2.24, 2.45) is 0 Å². The molecule has 0 bridgehead atoms. The summed E-state index contributed by atoms with van der Waals surface area (Å²) in [5.74, 6) is -0.552. The van der Waals surface area contributed by atoms with Gasteiger partial charge in [0.15, 0.2) is 0 Å². The van der Waals surface area contributed by atoms with Crippen molar-refractivity contribution < 1.29 is 22.4 Å². The monoisotopic (exact) mass is 387 g/mol. The van der Waals surface area contributed by atoms with Gasteiger partial charge in [-0.1, -0.05) is 11.6 Å². The Morgan fingerprint density at radius 3 is 2.65 bits per heavy atom. The van der Waals surface area contributed by atoms with Crippen LogP contribution >= 0.6 is 11.6 Å². The Balaban J connectivity index is 1.62. The van der Waals surface area contributed by atoms with Gasteiger partial charge in [-0.3, -0.25) is 4.79 Å². The lowest BCUT2D eigenvalue weighted by Gasteiger charge is -2.18. The zero-order chi connectivity index (χ0) is 18.9. The second-order valence-electron chi connectivity index (χ2n) is 5.93. The molecule has 1 aliphatic rings. The molecular weight excluding hydrogens is 374 g/mol. The average molecular weight is 388 g/mol. The Morgan fingerprint density at radius 2 is 2.04 bits per heavy atom. The van der Waals surface area contributed by atoms with Crippen molar-refractivity contribution in [1.82, 2.24) is 10.3 Å². The van der Waals surface area contributed by atoms with Gasteiger partial charge in [-0.25, -0.2) is 9.37 Å². The van der Waals surface area contributed by atoms with E-state index in [-0.39, 0.29) is 16.6 Å². The predicted octanol–water partition coefficient (Wildman–Crippen LogP) is 3.90. The molecule has 138 valence electrons. The van der Waals surface area contributed by atoms with Gasteiger partial charge >= 0.3 is 6.18 Å². The van der Waals surface area contributed by atoms with Crippen molar-refractivity contribution in [1.29, 1.82) is 0 Å². The molecule has 3 rings (SSSR count). The highest BCUT2D eigenvalue weighted by Crippen LogP contribution is 2.30. The third-order valence-corrected chi connectivity index (χ3v) is 4.41. The molecule has 4 nitrogen and oxygen atoms in total. The van der Waals surface area contributed by atoms with Gasteiger partial charge in [0.1, 0.15) is 11.6 Å². The first kappa shape index (κ1) is 18.4. The van der Waals surface area contributed by atoms with E-state index < -0.39 is 23.5 Å². The number of nitrogens with zero attached hydrogens (tertiary/aromatic N) is 2. The second-order valence-corrected chi connectivity index (χ2v) is 6.34. The van der Waals surface area contributed by atoms with Crippen LogP contribution in [0.2, 0.25) is 5.02 Å². The van der Waals surface area contributed by atoms with Crippen LogP contribution in [0.15, 0.2) is 36.5 Å². The van der Waals surface area contributed by atoms with Crippen LogP contribution in [0.25, 0.3) is 0 Å². The maximum absolute atomic E-state index is 13.1. The summed E-state index contributed by atoms with van der Waals surface area (Å²) < 4.78 is 50.8. The smallest absolute Gasteiger partial charge is 0.354 e. The number of alkyl halides is 3. The Kier molecular flexibility index (Phi) is 5.04. The zero-order valence-electron chi connectivity index (χ0n) is 13.4. The molecular formula is C17H14ClF4N3O. The highest BCUT2D eigenvalue weighted by molar-refractivity contribution is 6.33. The van der Waals surface area contributed by atoms with Crippen molar-refractivity contribution in [3.63, 3.8) is 0 Å². The molecule has 1 fully saturated rings. The van der Waals surface area contributed by atoms with Crippen molar-refractivity contribution >= 4 is 23.3 Å². The number of benzene rings is 1. The predicted molar refractivity (Wildman–Crippen MR) is 88.7 cm³/mol. The van der Waals surface area contributed by atoms with Crippen LogP contribution in [0.1, 0.15) is 22.3 Å². The lowest BCUT2D eigenvalue weighted by atomic mass is 10.2. The molecule has 1 saturated heterocycles. The van der Waals surface area contributed by atoms with E-state index in [0.29, 0.717) is 25.3 Å². The maximum atomic E-state index is 13.1. The average Bonchev–Trinajstić information content (AvgIpc) is 3.02. The molecule has 0 radical (unpaired) electrons. The van der Waals surface area contributed by atoms with E-state index in [1.165, 1.54) is 12.1 Å². The number of nitrogens with one attached hydrogen (secondary N) is 1. The van der Waals surface area contributed by atoms with E-state index >= 15 is 0 Å². The Bertz CT molecular complexity index is 811. The van der Waals surface area contributed by atoms with E-state index in [1.54, 1.807) is 4.90 Å². The molecule has 0 unspecified atom stereocenters. The first-order valence-electron chi connectivity index (χ1n) is 7.78. The van der Waals surface area contributed by atoms with Gasteiger partial charge in [0.05, 0.1) is 16.1 Å². The number of rotatable bonds is 3. The Morgan fingerprint density at radius 1 is 1.27 bits per heavy atom. The number of carbonyl (C=O) groups excluding carboxylic acids is 1. The molecule has 2 heterocycles. The van der Waals surface area contributed by atoms with Crippen LogP contribution in [-0.4, -0.2) is 30.0 Å². The van der Waals surface area contributed by atoms with E-state index in [9.17, 15) is 22.4 Å². The summed E-state index contributed by atoms with van der Waals surface area (Å²) in [7, 11) is 0. The number of aromatic nitrogens is 1. The van der Waals surface area contributed by atoms with Gasteiger partial charge in [-0.2, -0.15) is 13.2 Å². The van der Waals surface area contributed by atoms with Crippen molar-refractivity contribution in [3.8, 4) is 0 Å². The lowest BCUT2D eigenvalue weighted by molar-refractivity contribution is -0.137. The number of carbonyl (C=O) groups is 1. The van der Waals surface area contributed by atoms with Gasteiger partial charge < -0.3 is 10.2 Å². The summed E-state index contributed by atoms with van der Waals surface area (Å²) in [5.41, 5.74) is -0.643. The maximum Gasteiger partial charge on any atom is 0.417 e. The molecule has 0 spiro atoms. The minimum absolute atomic E-state index is 0.0155. The Labute approximate surface area is 151 Å². The summed E-state index contributed by atoms with van der Waals surface area (Å²) in [6.45, 7) is 0.948. The fourth-order valence-corrected chi connectivity index (χ4v) is 3.02. The normalized spacial score (nSPS) is 17.4. The van der Waals surface area contributed by atoms with Crippen LogP contribution in [0.4, 0.5) is 23.4 Å². The minimum atomic E-state index is -4.43. The third kappa shape index (κ3) is 4.07. The van der Waals surface area contributed by atoms with Crippen molar-refractivity contribution in [3.05, 3.63) is 58.5 Å². The number of hydrogen-bond donors (Lipinski definition) is 1. The van der Waals surface area contributed by atoms with E-state index in [4.69, 9.17) is 11.6 Å². The highest BCUT2D eigenvalue weighted by Gasteiger charge is 2.31. The summed E-state index contributed by atoms with van der Waals surface area (Å²) in [4.78, 5) is 17.9. The SMILES string of the molecule is O=C(N[C@H]1CCN(c2ccc(C(F)(F)F)cn2)C1)c1ccc(F)cc1Cl. The largest absolute Gasteiger partial charge is 0.417 e. The van der Waals surface area contributed by atoms with Gasteiger partial charge in [-0.15, -0.1) is 0 Å². The van der Waals surface area contributed by atoms with Crippen LogP contribution < -0.4 is 10.2 Å². The fourth-order valence-electron chi connectivity index (χ4n) is 2.76. The molecule has 1 aromatic carbocycles. The summed E-state index contributed by atoms with van der Waals surface area (Å²) in [5, 5.41) is 2.81. The van der Waals surface area contributed by atoms with E-state index in [0.717, 1.165) is 24.4 Å². The molecule has 1 amide bonds. The first-order chi connectivity index (χ1) is 12.2. The van der Waals surface area contributed by atoms with E-state index in [1.807, 2.05) is 0 Å². The van der Waals surface area contributed by atoms with Crippen LogP contribution in [0.5, 0.6) is 0 Å². The van der Waals surface area contributed by atoms with Crippen molar-refractivity contribution in [2.75, 3.05) is 18.0 Å². The molecule has 1 aliphatic heterocycles. The highest BCUT2D eigenvalue weighted by atomic mass is 35.5. The molecule has 0 saturated carbocycles. The van der Waals surface area contributed by atoms with Crippen LogP contribution in [0.3, 0.4) is 0 Å². The third-order valence-electron chi connectivity index (χ3n) is 4.10. The van der Waals surface area contributed by atoms with Gasteiger partial charge in [0.25, 0.3) is 5.91 Å². The molecule has 1 atom stereocenters. The number of amides is 1. The quantitative estimate of drug-likeness (QED) is 0.812. The summed E-state index contributed by atoms with van der Waals surface area (Å²) in [6.07, 6.45) is -3.03. The first-order valence-corrected chi connectivity index (χ1v) is 8.16. The fraction of sp³-hybridized carbons (Fsp3) is 0.294. The summed E-state index contributed by atoms with van der Waals surface area (Å²) in [6, 6.07) is 5.58. The number of hydrogen-bond acceptors (Lipinski definition) is 3. The summed E-state index contributed by atoms with van der Waals surface area (Å²) >= 11 is 5.87. The number of halogens is 5. The molecule has 1 aromatic heterocycles. The van der Waals surface area contributed by atoms with Crippen molar-refractivity contribution in [2.45, 2.75) is 18.6 Å². The van der Waals surface area contributed by atoms with Gasteiger partial charge in [-0.05, 0) is 36.8 Å². The van der Waals surface area contributed by atoms with Crippen LogP contribution in [-0.2, 0) is 6.18 Å². The number of pyridine rings is 1. The second kappa shape index (κ2) is 7.11. The standard InChI is InChI=1S/C17H14ClF4N3O/c18-14-7-11(19)2-3-13(14)16(26)24-12-5-6-25(9-12)15-4-1-10(8-23-15)17(20,21)22/h1-4,7-8,12H,5-6,9H2,(H,24,26)/t12-/m0/s1. The van der Waals surface area contributed by atoms with Gasteiger partial charge in [0, 0.05) is 25.3 Å².